The molecule has 0 radical (unpaired) electrons. The van der Waals surface area contributed by atoms with E-state index in [4.69, 9.17) is 4.74 Å². The van der Waals surface area contributed by atoms with Gasteiger partial charge in [-0.15, -0.1) is 0 Å². The summed E-state index contributed by atoms with van der Waals surface area (Å²) in [6, 6.07) is 2.77. The number of nitrogens with zero attached hydrogens (tertiary/aromatic N) is 3. The molecule has 1 aliphatic carbocycles. The molecule has 0 spiro atoms. The smallest absolute Gasteiger partial charge is 0.274 e. The molecular formula is C14H19N3O4. The lowest BCUT2D eigenvalue weighted by molar-refractivity contribution is -0.0960. The van der Waals surface area contributed by atoms with Gasteiger partial charge in [0.05, 0.1) is 26.2 Å². The van der Waals surface area contributed by atoms with Gasteiger partial charge in [0.15, 0.2) is 0 Å². The number of amides is 1. The lowest BCUT2D eigenvalue weighted by atomic mass is 9.88. The number of aliphatic hydroxyl groups is 1. The number of rotatable bonds is 5. The standard InChI is InChI=1S/C14H19N3O4/c1-21-7-6-17-12(18)5-4-11(15-17)13(19)16-8-14(20,9-16)10-2-3-10/h4-5,10,20H,2-3,6-9H2,1H3. The number of hydrogen-bond acceptors (Lipinski definition) is 5. The predicted molar refractivity (Wildman–Crippen MR) is 74.0 cm³/mol. The zero-order chi connectivity index (χ0) is 15.0. The van der Waals surface area contributed by atoms with Crippen molar-refractivity contribution in [1.82, 2.24) is 14.7 Å². The van der Waals surface area contributed by atoms with Gasteiger partial charge in [-0.05, 0) is 24.8 Å². The molecular weight excluding hydrogens is 274 g/mol. The van der Waals surface area contributed by atoms with Gasteiger partial charge in [0, 0.05) is 13.2 Å². The number of β-amino-alcohol motifs (C(OH)–C–C–N with tert-alkyl or cyclic N) is 1. The summed E-state index contributed by atoms with van der Waals surface area (Å²) in [6.07, 6.45) is 2.08. The molecule has 1 N–H and O–H groups in total. The minimum absolute atomic E-state index is 0.226. The fourth-order valence-electron chi connectivity index (χ4n) is 2.70. The maximum atomic E-state index is 12.3. The van der Waals surface area contributed by atoms with Gasteiger partial charge in [-0.3, -0.25) is 9.59 Å². The van der Waals surface area contributed by atoms with Crippen molar-refractivity contribution in [2.45, 2.75) is 25.0 Å². The van der Waals surface area contributed by atoms with Gasteiger partial charge in [-0.25, -0.2) is 4.68 Å². The zero-order valence-electron chi connectivity index (χ0n) is 12.0. The van der Waals surface area contributed by atoms with E-state index in [1.165, 1.54) is 16.8 Å². The van der Waals surface area contributed by atoms with E-state index >= 15 is 0 Å². The molecule has 114 valence electrons. The first-order valence-electron chi connectivity index (χ1n) is 7.12. The van der Waals surface area contributed by atoms with E-state index in [-0.39, 0.29) is 17.2 Å². The third-order valence-corrected chi connectivity index (χ3v) is 4.15. The molecule has 7 nitrogen and oxygen atoms in total. The third kappa shape index (κ3) is 2.71. The summed E-state index contributed by atoms with van der Waals surface area (Å²) in [4.78, 5) is 25.5. The van der Waals surface area contributed by atoms with Gasteiger partial charge in [0.25, 0.3) is 11.5 Å². The summed E-state index contributed by atoms with van der Waals surface area (Å²) < 4.78 is 6.14. The number of carbonyl (C=O) groups excluding carboxylic acids is 1. The molecule has 2 fully saturated rings. The van der Waals surface area contributed by atoms with E-state index in [0.717, 1.165) is 12.8 Å². The van der Waals surface area contributed by atoms with Crippen LogP contribution >= 0.6 is 0 Å². The van der Waals surface area contributed by atoms with Gasteiger partial charge in [0.1, 0.15) is 11.3 Å². The summed E-state index contributed by atoms with van der Waals surface area (Å²) in [5.41, 5.74) is -0.745. The van der Waals surface area contributed by atoms with Gasteiger partial charge < -0.3 is 14.7 Å². The number of aromatic nitrogens is 2. The monoisotopic (exact) mass is 293 g/mol. The minimum atomic E-state index is -0.708. The SMILES string of the molecule is COCCn1nc(C(=O)N2CC(O)(C3CC3)C2)ccc1=O. The van der Waals surface area contributed by atoms with E-state index in [2.05, 4.69) is 5.10 Å². The van der Waals surface area contributed by atoms with Crippen molar-refractivity contribution in [3.05, 3.63) is 28.2 Å². The van der Waals surface area contributed by atoms with Crippen LogP contribution in [0.1, 0.15) is 23.3 Å². The highest BCUT2D eigenvalue weighted by Crippen LogP contribution is 2.44. The molecule has 1 aromatic heterocycles. The number of hydrogen-bond donors (Lipinski definition) is 1. The van der Waals surface area contributed by atoms with Crippen molar-refractivity contribution in [3.8, 4) is 0 Å². The Labute approximate surface area is 122 Å². The summed E-state index contributed by atoms with van der Waals surface area (Å²) >= 11 is 0. The van der Waals surface area contributed by atoms with Crippen LogP contribution in [0, 0.1) is 5.92 Å². The van der Waals surface area contributed by atoms with Crippen LogP contribution in [0.15, 0.2) is 16.9 Å². The van der Waals surface area contributed by atoms with Gasteiger partial charge in [0.2, 0.25) is 0 Å². The maximum Gasteiger partial charge on any atom is 0.274 e. The van der Waals surface area contributed by atoms with Gasteiger partial charge in [-0.1, -0.05) is 0 Å². The normalized spacial score (nSPS) is 20.2. The molecule has 1 aliphatic heterocycles. The lowest BCUT2D eigenvalue weighted by Crippen LogP contribution is -2.64. The molecule has 2 heterocycles. The average Bonchev–Trinajstić information content (AvgIpc) is 3.27. The lowest BCUT2D eigenvalue weighted by Gasteiger charge is -2.46. The van der Waals surface area contributed by atoms with Crippen molar-refractivity contribution in [3.63, 3.8) is 0 Å². The van der Waals surface area contributed by atoms with E-state index < -0.39 is 5.60 Å². The van der Waals surface area contributed by atoms with E-state index in [0.29, 0.717) is 32.2 Å². The van der Waals surface area contributed by atoms with Gasteiger partial charge >= 0.3 is 0 Å². The van der Waals surface area contributed by atoms with Crippen LogP contribution in [0.4, 0.5) is 0 Å². The molecule has 3 rings (SSSR count). The van der Waals surface area contributed by atoms with Crippen LogP contribution in [0.3, 0.4) is 0 Å². The van der Waals surface area contributed by atoms with Crippen LogP contribution < -0.4 is 5.56 Å². The Morgan fingerprint density at radius 2 is 2.19 bits per heavy atom. The Morgan fingerprint density at radius 1 is 1.48 bits per heavy atom. The Balaban J connectivity index is 1.69. The summed E-state index contributed by atoms with van der Waals surface area (Å²) in [5, 5.41) is 14.3. The number of methoxy groups -OCH3 is 1. The highest BCUT2D eigenvalue weighted by atomic mass is 16.5. The van der Waals surface area contributed by atoms with Crippen molar-refractivity contribution in [1.29, 1.82) is 0 Å². The highest BCUT2D eigenvalue weighted by molar-refractivity contribution is 5.92. The second kappa shape index (κ2) is 5.23. The fraction of sp³-hybridized carbons (Fsp3) is 0.643. The largest absolute Gasteiger partial charge is 0.386 e. The van der Waals surface area contributed by atoms with Crippen LogP contribution in [0.25, 0.3) is 0 Å². The molecule has 1 saturated heterocycles. The predicted octanol–water partition coefficient (Wildman–Crippen LogP) is -0.513. The quantitative estimate of drug-likeness (QED) is 0.790. The first-order valence-corrected chi connectivity index (χ1v) is 7.12. The first kappa shape index (κ1) is 14.2. The Hall–Kier alpha value is -1.73. The number of likely N-dealkylation sites (tertiary alicyclic amines) is 1. The Bertz CT molecular complexity index is 602. The van der Waals surface area contributed by atoms with Crippen LogP contribution in [-0.2, 0) is 11.3 Å². The van der Waals surface area contributed by atoms with Crippen LogP contribution in [0.5, 0.6) is 0 Å². The molecule has 0 unspecified atom stereocenters. The topological polar surface area (TPSA) is 84.7 Å². The van der Waals surface area contributed by atoms with Crippen molar-refractivity contribution < 1.29 is 14.6 Å². The number of ether oxygens (including phenoxy) is 1. The molecule has 0 aromatic carbocycles. The summed E-state index contributed by atoms with van der Waals surface area (Å²) in [5.74, 6) is 0.0941. The molecule has 21 heavy (non-hydrogen) atoms. The number of carbonyl (C=O) groups is 1. The molecule has 1 saturated carbocycles. The maximum absolute atomic E-state index is 12.3. The second-order valence-corrected chi connectivity index (χ2v) is 5.81. The molecule has 0 bridgehead atoms. The highest BCUT2D eigenvalue weighted by Gasteiger charge is 2.53. The Morgan fingerprint density at radius 3 is 2.81 bits per heavy atom. The van der Waals surface area contributed by atoms with Crippen molar-refractivity contribution >= 4 is 5.91 Å². The van der Waals surface area contributed by atoms with E-state index in [1.807, 2.05) is 0 Å². The average molecular weight is 293 g/mol. The Kier molecular flexibility index (Phi) is 3.54. The van der Waals surface area contributed by atoms with E-state index in [9.17, 15) is 14.7 Å². The van der Waals surface area contributed by atoms with Crippen molar-refractivity contribution in [2.75, 3.05) is 26.8 Å². The first-order chi connectivity index (χ1) is 10.0. The second-order valence-electron chi connectivity index (χ2n) is 5.81. The zero-order valence-corrected chi connectivity index (χ0v) is 12.0. The fourth-order valence-corrected chi connectivity index (χ4v) is 2.70. The third-order valence-electron chi connectivity index (χ3n) is 4.15. The van der Waals surface area contributed by atoms with Crippen LogP contribution in [-0.4, -0.2) is 58.1 Å². The van der Waals surface area contributed by atoms with Crippen molar-refractivity contribution in [2.24, 2.45) is 5.92 Å². The van der Waals surface area contributed by atoms with E-state index in [1.54, 1.807) is 12.0 Å². The molecule has 0 atom stereocenters. The minimum Gasteiger partial charge on any atom is -0.386 e. The van der Waals surface area contributed by atoms with Gasteiger partial charge in [-0.2, -0.15) is 5.10 Å². The molecule has 2 aliphatic rings. The molecule has 1 amide bonds. The summed E-state index contributed by atoms with van der Waals surface area (Å²) in [7, 11) is 1.54. The molecule has 7 heteroatoms. The van der Waals surface area contributed by atoms with Crippen LogP contribution in [0.2, 0.25) is 0 Å². The summed E-state index contributed by atoms with van der Waals surface area (Å²) in [6.45, 7) is 1.38. The molecule has 1 aromatic rings.